The number of hydrogen-bond acceptors (Lipinski definition) is 3. The number of carbonyl (C=O) groups is 1. The first kappa shape index (κ1) is 14.8. The molecule has 120 valence electrons. The largest absolute Gasteiger partial charge is 0.359 e. The van der Waals surface area contributed by atoms with Crippen molar-refractivity contribution in [1.82, 2.24) is 4.90 Å². The van der Waals surface area contributed by atoms with E-state index in [0.717, 1.165) is 25.8 Å². The van der Waals surface area contributed by atoms with E-state index in [-0.39, 0.29) is 11.9 Å². The molecule has 0 bridgehead atoms. The summed E-state index contributed by atoms with van der Waals surface area (Å²) in [5.74, 6) is 0.268. The molecule has 3 heterocycles. The molecule has 1 amide bonds. The Morgan fingerprint density at radius 3 is 2.96 bits per heavy atom. The van der Waals surface area contributed by atoms with Crippen LogP contribution in [0.25, 0.3) is 0 Å². The van der Waals surface area contributed by atoms with Crippen molar-refractivity contribution in [2.75, 3.05) is 18.0 Å². The van der Waals surface area contributed by atoms with Crippen LogP contribution in [-0.4, -0.2) is 29.9 Å². The van der Waals surface area contributed by atoms with Gasteiger partial charge in [0.05, 0.1) is 12.6 Å². The molecular weight excluding hydrogens is 304 g/mol. The van der Waals surface area contributed by atoms with Crippen molar-refractivity contribution < 1.29 is 4.79 Å². The SMILES string of the molecule is C[C@H]1Cc2ccccc2N1CC(=O)N1CCC[C@H]1c1cccs1. The summed E-state index contributed by atoms with van der Waals surface area (Å²) in [5.41, 5.74) is 2.60. The highest BCUT2D eigenvalue weighted by atomic mass is 32.1. The van der Waals surface area contributed by atoms with Crippen LogP contribution in [-0.2, 0) is 11.2 Å². The Hall–Kier alpha value is -1.81. The van der Waals surface area contributed by atoms with Gasteiger partial charge in [0.15, 0.2) is 0 Å². The van der Waals surface area contributed by atoms with Gasteiger partial charge in [-0.2, -0.15) is 0 Å². The number of hydrogen-bond donors (Lipinski definition) is 0. The van der Waals surface area contributed by atoms with Crippen LogP contribution in [0.2, 0.25) is 0 Å². The Morgan fingerprint density at radius 2 is 2.13 bits per heavy atom. The van der Waals surface area contributed by atoms with E-state index in [9.17, 15) is 4.79 Å². The van der Waals surface area contributed by atoms with E-state index in [1.54, 1.807) is 11.3 Å². The highest BCUT2D eigenvalue weighted by Gasteiger charge is 2.34. The average Bonchev–Trinajstić information content (AvgIpc) is 3.26. The standard InChI is InChI=1S/C19H22N2OS/c1-14-12-15-6-2-3-7-16(15)21(14)13-19(22)20-10-4-8-17(20)18-9-5-11-23-18/h2-3,5-7,9,11,14,17H,4,8,10,12-13H2,1H3/t14-,17-/m0/s1. The number of benzene rings is 1. The molecule has 0 radical (unpaired) electrons. The maximum Gasteiger partial charge on any atom is 0.242 e. The fraction of sp³-hybridized carbons (Fsp3) is 0.421. The van der Waals surface area contributed by atoms with Crippen molar-refractivity contribution in [2.24, 2.45) is 0 Å². The van der Waals surface area contributed by atoms with Gasteiger partial charge in [0.1, 0.15) is 0 Å². The molecule has 1 saturated heterocycles. The first-order chi connectivity index (χ1) is 11.2. The first-order valence-corrected chi connectivity index (χ1v) is 9.29. The van der Waals surface area contributed by atoms with Crippen LogP contribution in [0.15, 0.2) is 41.8 Å². The van der Waals surface area contributed by atoms with Gasteiger partial charge in [-0.25, -0.2) is 0 Å². The molecule has 1 fully saturated rings. The van der Waals surface area contributed by atoms with Crippen LogP contribution in [0.1, 0.15) is 36.2 Å². The highest BCUT2D eigenvalue weighted by molar-refractivity contribution is 7.10. The van der Waals surface area contributed by atoms with Crippen LogP contribution in [0.3, 0.4) is 0 Å². The van der Waals surface area contributed by atoms with Crippen LogP contribution in [0, 0.1) is 0 Å². The summed E-state index contributed by atoms with van der Waals surface area (Å²) in [5, 5.41) is 2.11. The van der Waals surface area contributed by atoms with E-state index in [1.807, 2.05) is 0 Å². The second-order valence-corrected chi connectivity index (χ2v) is 7.55. The molecule has 0 saturated carbocycles. The lowest BCUT2D eigenvalue weighted by atomic mass is 10.1. The molecule has 0 N–H and O–H groups in total. The zero-order valence-electron chi connectivity index (χ0n) is 13.4. The van der Waals surface area contributed by atoms with Gasteiger partial charge in [0.25, 0.3) is 0 Å². The minimum atomic E-state index is 0.268. The zero-order chi connectivity index (χ0) is 15.8. The normalized spacial score (nSPS) is 23.3. The Kier molecular flexibility index (Phi) is 3.85. The van der Waals surface area contributed by atoms with Gasteiger partial charge in [-0.15, -0.1) is 11.3 Å². The van der Waals surface area contributed by atoms with Gasteiger partial charge >= 0.3 is 0 Å². The fourth-order valence-electron chi connectivity index (χ4n) is 3.95. The predicted molar refractivity (Wildman–Crippen MR) is 95.0 cm³/mol. The molecule has 2 aromatic rings. The number of carbonyl (C=O) groups excluding carboxylic acids is 1. The number of nitrogens with zero attached hydrogens (tertiary/aromatic N) is 2. The maximum absolute atomic E-state index is 13.0. The van der Waals surface area contributed by atoms with E-state index in [2.05, 4.69) is 58.5 Å². The Labute approximate surface area is 141 Å². The van der Waals surface area contributed by atoms with Gasteiger partial charge in [0.2, 0.25) is 5.91 Å². The van der Waals surface area contributed by atoms with Crippen molar-refractivity contribution >= 4 is 22.9 Å². The number of likely N-dealkylation sites (tertiary alicyclic amines) is 1. The second kappa shape index (κ2) is 6.00. The lowest BCUT2D eigenvalue weighted by Crippen LogP contribution is -2.42. The van der Waals surface area contributed by atoms with Gasteiger partial charge in [-0.1, -0.05) is 24.3 Å². The number of para-hydroxylation sites is 1. The van der Waals surface area contributed by atoms with Crippen molar-refractivity contribution in [3.63, 3.8) is 0 Å². The lowest BCUT2D eigenvalue weighted by Gasteiger charge is -2.29. The molecule has 1 aromatic carbocycles. The highest BCUT2D eigenvalue weighted by Crippen LogP contribution is 2.36. The molecule has 2 aliphatic rings. The summed E-state index contributed by atoms with van der Waals surface area (Å²) < 4.78 is 0. The van der Waals surface area contributed by atoms with Gasteiger partial charge < -0.3 is 9.80 Å². The summed E-state index contributed by atoms with van der Waals surface area (Å²) >= 11 is 1.77. The van der Waals surface area contributed by atoms with E-state index < -0.39 is 0 Å². The summed E-state index contributed by atoms with van der Waals surface area (Å²) in [6.07, 6.45) is 3.25. The van der Waals surface area contributed by atoms with E-state index in [1.165, 1.54) is 16.1 Å². The summed E-state index contributed by atoms with van der Waals surface area (Å²) in [6.45, 7) is 3.61. The van der Waals surface area contributed by atoms with Crippen molar-refractivity contribution in [1.29, 1.82) is 0 Å². The number of rotatable bonds is 3. The summed E-state index contributed by atoms with van der Waals surface area (Å²) in [4.78, 5) is 18.7. The molecule has 4 heteroatoms. The van der Waals surface area contributed by atoms with E-state index >= 15 is 0 Å². The minimum Gasteiger partial charge on any atom is -0.359 e. The van der Waals surface area contributed by atoms with Crippen LogP contribution >= 0.6 is 11.3 Å². The maximum atomic E-state index is 13.0. The Bertz CT molecular complexity index is 697. The molecule has 0 spiro atoms. The molecule has 3 nitrogen and oxygen atoms in total. The molecule has 2 aliphatic heterocycles. The molecule has 4 rings (SSSR count). The molecular formula is C19H22N2OS. The third kappa shape index (κ3) is 2.65. The number of anilines is 1. The van der Waals surface area contributed by atoms with E-state index in [0.29, 0.717) is 12.6 Å². The summed E-state index contributed by atoms with van der Waals surface area (Å²) in [6, 6.07) is 13.4. The Balaban J connectivity index is 1.52. The zero-order valence-corrected chi connectivity index (χ0v) is 14.3. The van der Waals surface area contributed by atoms with Crippen LogP contribution in [0.5, 0.6) is 0 Å². The average molecular weight is 326 g/mol. The number of thiophene rings is 1. The number of fused-ring (bicyclic) bond motifs is 1. The van der Waals surface area contributed by atoms with Gasteiger partial charge in [-0.05, 0) is 49.3 Å². The minimum absolute atomic E-state index is 0.268. The topological polar surface area (TPSA) is 23.6 Å². The molecule has 0 unspecified atom stereocenters. The van der Waals surface area contributed by atoms with E-state index in [4.69, 9.17) is 0 Å². The molecule has 0 aliphatic carbocycles. The van der Waals surface area contributed by atoms with Gasteiger partial charge in [0, 0.05) is 23.2 Å². The molecule has 2 atom stereocenters. The lowest BCUT2D eigenvalue weighted by molar-refractivity contribution is -0.130. The van der Waals surface area contributed by atoms with Crippen molar-refractivity contribution in [3.8, 4) is 0 Å². The van der Waals surface area contributed by atoms with Crippen molar-refractivity contribution in [2.45, 2.75) is 38.3 Å². The monoisotopic (exact) mass is 326 g/mol. The summed E-state index contributed by atoms with van der Waals surface area (Å²) in [7, 11) is 0. The second-order valence-electron chi connectivity index (χ2n) is 6.57. The van der Waals surface area contributed by atoms with Crippen LogP contribution in [0.4, 0.5) is 5.69 Å². The van der Waals surface area contributed by atoms with Crippen molar-refractivity contribution in [3.05, 3.63) is 52.2 Å². The molecule has 23 heavy (non-hydrogen) atoms. The first-order valence-electron chi connectivity index (χ1n) is 8.41. The quantitative estimate of drug-likeness (QED) is 0.855. The fourth-order valence-corrected chi connectivity index (χ4v) is 4.82. The predicted octanol–water partition coefficient (Wildman–Crippen LogP) is 3.86. The third-order valence-electron chi connectivity index (χ3n) is 5.10. The van der Waals surface area contributed by atoms with Gasteiger partial charge in [-0.3, -0.25) is 4.79 Å². The Morgan fingerprint density at radius 1 is 1.26 bits per heavy atom. The number of amides is 1. The third-order valence-corrected chi connectivity index (χ3v) is 6.07. The van der Waals surface area contributed by atoms with Crippen LogP contribution < -0.4 is 4.90 Å². The smallest absolute Gasteiger partial charge is 0.242 e. The molecule has 1 aromatic heterocycles.